The zero-order valence-electron chi connectivity index (χ0n) is 12.7. The number of rotatable bonds is 5. The highest BCUT2D eigenvalue weighted by molar-refractivity contribution is 7.14. The molecular weight excluding hydrogens is 292 g/mol. The summed E-state index contributed by atoms with van der Waals surface area (Å²) in [5, 5.41) is 0.970. The van der Waals surface area contributed by atoms with Crippen molar-refractivity contribution in [3.8, 4) is 10.7 Å². The minimum Gasteiger partial charge on any atom is -0.294 e. The summed E-state index contributed by atoms with van der Waals surface area (Å²) in [6.07, 6.45) is 7.47. The molecule has 0 fully saturated rings. The lowest BCUT2D eigenvalue weighted by molar-refractivity contribution is 0.255. The molecule has 0 spiro atoms. The van der Waals surface area contributed by atoms with Crippen LogP contribution < -0.4 is 0 Å². The van der Waals surface area contributed by atoms with Gasteiger partial charge < -0.3 is 0 Å². The Morgan fingerprint density at radius 1 is 1.09 bits per heavy atom. The Hall–Kier alpha value is -2.11. The molecular formula is C17H18N4S. The molecule has 3 aromatic heterocycles. The van der Waals surface area contributed by atoms with E-state index in [1.54, 1.807) is 23.7 Å². The van der Waals surface area contributed by atoms with Gasteiger partial charge >= 0.3 is 0 Å². The predicted octanol–water partition coefficient (Wildman–Crippen LogP) is 3.79. The molecule has 0 amide bonds. The lowest BCUT2D eigenvalue weighted by Crippen LogP contribution is -2.21. The van der Waals surface area contributed by atoms with Crippen LogP contribution in [0.1, 0.15) is 23.4 Å². The molecule has 1 atom stereocenters. The van der Waals surface area contributed by atoms with Crippen molar-refractivity contribution >= 4 is 11.3 Å². The average Bonchev–Trinajstić information content (AvgIpc) is 3.04. The Kier molecular flexibility index (Phi) is 4.56. The number of nitrogens with zero attached hydrogens (tertiary/aromatic N) is 4. The first-order valence-corrected chi connectivity index (χ1v) is 8.02. The van der Waals surface area contributed by atoms with E-state index in [9.17, 15) is 0 Å². The monoisotopic (exact) mass is 310 g/mol. The van der Waals surface area contributed by atoms with Gasteiger partial charge in [-0.15, -0.1) is 11.3 Å². The van der Waals surface area contributed by atoms with Gasteiger partial charge in [0.15, 0.2) is 0 Å². The minimum absolute atomic E-state index is 0.314. The molecule has 0 N–H and O–H groups in total. The molecule has 4 nitrogen and oxygen atoms in total. The van der Waals surface area contributed by atoms with E-state index < -0.39 is 0 Å². The fraction of sp³-hybridized carbons (Fsp3) is 0.235. The van der Waals surface area contributed by atoms with Crippen molar-refractivity contribution in [3.05, 3.63) is 65.6 Å². The van der Waals surface area contributed by atoms with E-state index >= 15 is 0 Å². The molecule has 3 heterocycles. The van der Waals surface area contributed by atoms with Crippen molar-refractivity contribution in [2.75, 3.05) is 7.05 Å². The predicted molar refractivity (Wildman–Crippen MR) is 89.5 cm³/mol. The smallest absolute Gasteiger partial charge is 0.142 e. The maximum Gasteiger partial charge on any atom is 0.142 e. The molecule has 3 aromatic rings. The van der Waals surface area contributed by atoms with Crippen LogP contribution in [0, 0.1) is 0 Å². The standard InChI is InChI=1S/C17H18N4S/c1-13(14-6-5-8-18-10-14)21(2)12-15-11-20-17(22-15)16-7-3-4-9-19-16/h3-11,13H,12H2,1-2H3/t13-/m0/s1. The van der Waals surface area contributed by atoms with E-state index in [0.717, 1.165) is 17.2 Å². The molecule has 5 heteroatoms. The van der Waals surface area contributed by atoms with Crippen molar-refractivity contribution in [1.82, 2.24) is 19.9 Å². The molecule has 0 radical (unpaired) electrons. The molecule has 112 valence electrons. The highest BCUT2D eigenvalue weighted by atomic mass is 32.1. The van der Waals surface area contributed by atoms with Crippen LogP contribution in [0.25, 0.3) is 10.7 Å². The van der Waals surface area contributed by atoms with Gasteiger partial charge in [-0.05, 0) is 37.7 Å². The van der Waals surface area contributed by atoms with Gasteiger partial charge in [0.25, 0.3) is 0 Å². The third-order valence-electron chi connectivity index (χ3n) is 3.67. The molecule has 3 rings (SSSR count). The Balaban J connectivity index is 1.70. The topological polar surface area (TPSA) is 41.9 Å². The van der Waals surface area contributed by atoms with Crippen molar-refractivity contribution in [3.63, 3.8) is 0 Å². The van der Waals surface area contributed by atoms with Crippen LogP contribution in [-0.4, -0.2) is 26.9 Å². The molecule has 0 saturated carbocycles. The second kappa shape index (κ2) is 6.77. The SMILES string of the molecule is C[C@@H](c1cccnc1)N(C)Cc1cnc(-c2ccccn2)s1. The first-order chi connectivity index (χ1) is 10.7. The van der Waals surface area contributed by atoms with Gasteiger partial charge in [0.05, 0.1) is 5.69 Å². The highest BCUT2D eigenvalue weighted by Gasteiger charge is 2.14. The molecule has 0 aliphatic heterocycles. The third kappa shape index (κ3) is 3.37. The summed E-state index contributed by atoms with van der Waals surface area (Å²) in [5.41, 5.74) is 2.15. The second-order valence-electron chi connectivity index (χ2n) is 5.22. The van der Waals surface area contributed by atoms with Crippen molar-refractivity contribution in [1.29, 1.82) is 0 Å². The largest absolute Gasteiger partial charge is 0.294 e. The fourth-order valence-electron chi connectivity index (χ4n) is 2.25. The molecule has 0 unspecified atom stereocenters. The lowest BCUT2D eigenvalue weighted by atomic mass is 10.1. The fourth-order valence-corrected chi connectivity index (χ4v) is 3.20. The number of thiazole rings is 1. The van der Waals surface area contributed by atoms with E-state index in [-0.39, 0.29) is 0 Å². The maximum absolute atomic E-state index is 4.49. The third-order valence-corrected chi connectivity index (χ3v) is 4.68. The number of aromatic nitrogens is 3. The van der Waals surface area contributed by atoms with Crippen LogP contribution in [0.3, 0.4) is 0 Å². The quantitative estimate of drug-likeness (QED) is 0.719. The molecule has 0 aliphatic rings. The van der Waals surface area contributed by atoms with Crippen LogP contribution >= 0.6 is 11.3 Å². The van der Waals surface area contributed by atoms with Gasteiger partial charge in [0.1, 0.15) is 5.01 Å². The zero-order chi connectivity index (χ0) is 15.4. The number of pyridine rings is 2. The van der Waals surface area contributed by atoms with Crippen molar-refractivity contribution in [2.24, 2.45) is 0 Å². The summed E-state index contributed by atoms with van der Waals surface area (Å²) in [6, 6.07) is 10.3. The van der Waals surface area contributed by atoms with Crippen molar-refractivity contribution in [2.45, 2.75) is 19.5 Å². The minimum atomic E-state index is 0.314. The van der Waals surface area contributed by atoms with Crippen molar-refractivity contribution < 1.29 is 0 Å². The van der Waals surface area contributed by atoms with Crippen LogP contribution in [0.4, 0.5) is 0 Å². The van der Waals surface area contributed by atoms with Gasteiger partial charge in [-0.1, -0.05) is 12.1 Å². The molecule has 0 bridgehead atoms. The van der Waals surface area contributed by atoms with Crippen LogP contribution in [0.15, 0.2) is 55.1 Å². The Bertz CT molecular complexity index is 712. The van der Waals surface area contributed by atoms with Crippen LogP contribution in [-0.2, 0) is 6.54 Å². The van der Waals surface area contributed by atoms with E-state index in [1.165, 1.54) is 10.4 Å². The maximum atomic E-state index is 4.49. The summed E-state index contributed by atoms with van der Waals surface area (Å²) >= 11 is 1.70. The van der Waals surface area contributed by atoms with E-state index in [2.05, 4.69) is 39.9 Å². The Labute approximate surface area is 134 Å². The average molecular weight is 310 g/mol. The summed E-state index contributed by atoms with van der Waals surface area (Å²) in [6.45, 7) is 3.05. The van der Waals surface area contributed by atoms with E-state index in [0.29, 0.717) is 6.04 Å². The number of hydrogen-bond acceptors (Lipinski definition) is 5. The Morgan fingerprint density at radius 2 is 2.00 bits per heavy atom. The first-order valence-electron chi connectivity index (χ1n) is 7.20. The summed E-state index contributed by atoms with van der Waals surface area (Å²) in [7, 11) is 2.12. The lowest BCUT2D eigenvalue weighted by Gasteiger charge is -2.23. The Morgan fingerprint density at radius 3 is 2.73 bits per heavy atom. The molecule has 0 aliphatic carbocycles. The summed E-state index contributed by atoms with van der Waals surface area (Å²) < 4.78 is 0. The number of hydrogen-bond donors (Lipinski definition) is 0. The molecule has 0 saturated heterocycles. The first kappa shape index (κ1) is 14.8. The van der Waals surface area contributed by atoms with Crippen LogP contribution in [0.2, 0.25) is 0 Å². The van der Waals surface area contributed by atoms with E-state index in [4.69, 9.17) is 0 Å². The van der Waals surface area contributed by atoms with E-state index in [1.807, 2.05) is 36.7 Å². The molecule has 22 heavy (non-hydrogen) atoms. The van der Waals surface area contributed by atoms with Crippen LogP contribution in [0.5, 0.6) is 0 Å². The van der Waals surface area contributed by atoms with Gasteiger partial charge in [-0.2, -0.15) is 0 Å². The summed E-state index contributed by atoms with van der Waals surface area (Å²) in [5.74, 6) is 0. The summed E-state index contributed by atoms with van der Waals surface area (Å²) in [4.78, 5) is 16.6. The normalized spacial score (nSPS) is 12.5. The van der Waals surface area contributed by atoms with Gasteiger partial charge in [0.2, 0.25) is 0 Å². The van der Waals surface area contributed by atoms with Gasteiger partial charge in [0, 0.05) is 42.3 Å². The van der Waals surface area contributed by atoms with Gasteiger partial charge in [-0.25, -0.2) is 4.98 Å². The molecule has 0 aromatic carbocycles. The highest BCUT2D eigenvalue weighted by Crippen LogP contribution is 2.26. The zero-order valence-corrected chi connectivity index (χ0v) is 13.5. The second-order valence-corrected chi connectivity index (χ2v) is 6.34. The van der Waals surface area contributed by atoms with Gasteiger partial charge in [-0.3, -0.25) is 14.9 Å².